The number of ether oxygens (including phenoxy) is 3. The molecular weight excluding hydrogens is 484 g/mol. The first kappa shape index (κ1) is 28.0. The second kappa shape index (κ2) is 11.4. The van der Waals surface area contributed by atoms with Crippen molar-refractivity contribution in [2.45, 2.75) is 90.0 Å². The molecule has 0 bridgehead atoms. The summed E-state index contributed by atoms with van der Waals surface area (Å²) in [5.74, 6) is -1.88. The molecule has 2 N–H and O–H groups in total. The van der Waals surface area contributed by atoms with Crippen LogP contribution >= 0.6 is 0 Å². The van der Waals surface area contributed by atoms with E-state index in [0.29, 0.717) is 24.0 Å². The summed E-state index contributed by atoms with van der Waals surface area (Å²) in [7, 11) is 0. The quantitative estimate of drug-likeness (QED) is 0.311. The topological polar surface area (TPSA) is 102 Å². The van der Waals surface area contributed by atoms with E-state index >= 15 is 0 Å². The standard InChI is InChI=1S/C31H38O7/c1-18-14-19(2)27(29(33)34)24(15-18)23-16-22(23)17-26-28(38-31(4,5)37-26)25(13-9-10-20(3)32)36-30(35)21-11-7-6-8-12-21/h6-9,11-15,20,22-23,25-26,28,32H,10,16-17H2,1-5H3,(H,33,34)/b13-9-/t20-,22?,23?,25?,26-,28+/m0/s1. The lowest BCUT2D eigenvalue weighted by atomic mass is 9.93. The number of aliphatic hydroxyl groups excluding tert-OH is 1. The molecule has 2 aliphatic rings. The Hall–Kier alpha value is -3.00. The van der Waals surface area contributed by atoms with Crippen molar-refractivity contribution in [2.75, 3.05) is 0 Å². The zero-order valence-corrected chi connectivity index (χ0v) is 22.7. The van der Waals surface area contributed by atoms with Gasteiger partial charge in [-0.15, -0.1) is 0 Å². The van der Waals surface area contributed by atoms with E-state index in [0.717, 1.165) is 23.1 Å². The van der Waals surface area contributed by atoms with Gasteiger partial charge in [0, 0.05) is 0 Å². The van der Waals surface area contributed by atoms with Crippen molar-refractivity contribution in [3.8, 4) is 0 Å². The number of carbonyl (C=O) groups excluding carboxylic acids is 1. The first-order valence-corrected chi connectivity index (χ1v) is 13.3. The lowest BCUT2D eigenvalue weighted by Crippen LogP contribution is -2.38. The summed E-state index contributed by atoms with van der Waals surface area (Å²) >= 11 is 0. The number of carbonyl (C=O) groups is 2. The minimum Gasteiger partial charge on any atom is -0.478 e. The number of aromatic carboxylic acids is 1. The molecule has 2 aromatic rings. The number of esters is 1. The van der Waals surface area contributed by atoms with Crippen LogP contribution in [0.2, 0.25) is 0 Å². The SMILES string of the molecule is Cc1cc(C)c(C(=O)O)c(C2CC2C[C@@H]2OC(C)(C)O[C@@H]2C(/C=C\C[C@H](C)O)OC(=O)c2ccccc2)c1. The molecule has 38 heavy (non-hydrogen) atoms. The van der Waals surface area contributed by atoms with Crippen molar-refractivity contribution in [1.29, 1.82) is 0 Å². The molecule has 1 aliphatic heterocycles. The highest BCUT2D eigenvalue weighted by Gasteiger charge is 2.50. The zero-order chi connectivity index (χ0) is 27.6. The number of hydrogen-bond acceptors (Lipinski definition) is 6. The van der Waals surface area contributed by atoms with Crippen LogP contribution in [-0.2, 0) is 14.2 Å². The molecule has 2 fully saturated rings. The van der Waals surface area contributed by atoms with Gasteiger partial charge in [0.2, 0.25) is 0 Å². The summed E-state index contributed by atoms with van der Waals surface area (Å²) in [6.45, 7) is 9.20. The van der Waals surface area contributed by atoms with Gasteiger partial charge in [-0.3, -0.25) is 0 Å². The summed E-state index contributed by atoms with van der Waals surface area (Å²) < 4.78 is 18.5. The van der Waals surface area contributed by atoms with Crippen LogP contribution in [0.1, 0.15) is 83.4 Å². The molecule has 4 rings (SSSR count). The maximum absolute atomic E-state index is 13.0. The number of carboxylic acids is 1. The van der Waals surface area contributed by atoms with Gasteiger partial charge < -0.3 is 24.4 Å². The molecule has 3 unspecified atom stereocenters. The zero-order valence-electron chi connectivity index (χ0n) is 22.7. The number of aliphatic hydroxyl groups is 1. The van der Waals surface area contributed by atoms with Crippen LogP contribution in [0.3, 0.4) is 0 Å². The molecule has 6 atom stereocenters. The van der Waals surface area contributed by atoms with Gasteiger partial charge in [0.15, 0.2) is 5.79 Å². The van der Waals surface area contributed by atoms with Crippen molar-refractivity contribution in [3.63, 3.8) is 0 Å². The molecule has 0 spiro atoms. The summed E-state index contributed by atoms with van der Waals surface area (Å²) in [5, 5.41) is 19.6. The molecule has 0 amide bonds. The molecular formula is C31H38O7. The van der Waals surface area contributed by atoms with Gasteiger partial charge in [0.25, 0.3) is 0 Å². The van der Waals surface area contributed by atoms with Gasteiger partial charge >= 0.3 is 11.9 Å². The van der Waals surface area contributed by atoms with Crippen molar-refractivity contribution in [3.05, 3.63) is 82.4 Å². The fourth-order valence-electron chi connectivity index (χ4n) is 5.49. The first-order chi connectivity index (χ1) is 17.9. The Kier molecular flexibility index (Phi) is 8.40. The average molecular weight is 523 g/mol. The van der Waals surface area contributed by atoms with E-state index in [1.165, 1.54) is 0 Å². The summed E-state index contributed by atoms with van der Waals surface area (Å²) in [5.41, 5.74) is 3.52. The van der Waals surface area contributed by atoms with Crippen molar-refractivity contribution < 1.29 is 34.0 Å². The second-order valence-corrected chi connectivity index (χ2v) is 11.1. The largest absolute Gasteiger partial charge is 0.478 e. The van der Waals surface area contributed by atoms with Crippen molar-refractivity contribution in [2.24, 2.45) is 5.92 Å². The highest BCUT2D eigenvalue weighted by Crippen LogP contribution is 2.53. The van der Waals surface area contributed by atoms with Gasteiger partial charge in [-0.1, -0.05) is 42.0 Å². The number of benzene rings is 2. The Balaban J connectivity index is 1.55. The highest BCUT2D eigenvalue weighted by molar-refractivity contribution is 5.91. The lowest BCUT2D eigenvalue weighted by Gasteiger charge is -2.25. The summed E-state index contributed by atoms with van der Waals surface area (Å²) in [6.07, 6.45) is 3.33. The van der Waals surface area contributed by atoms with E-state index in [1.807, 2.05) is 45.9 Å². The van der Waals surface area contributed by atoms with Crippen molar-refractivity contribution in [1.82, 2.24) is 0 Å². The minimum atomic E-state index is -0.904. The highest BCUT2D eigenvalue weighted by atomic mass is 16.8. The first-order valence-electron chi connectivity index (χ1n) is 13.3. The molecule has 7 nitrogen and oxygen atoms in total. The van der Waals surface area contributed by atoms with Crippen molar-refractivity contribution >= 4 is 11.9 Å². The molecule has 0 radical (unpaired) electrons. The molecule has 2 aromatic carbocycles. The van der Waals surface area contributed by atoms with Gasteiger partial charge in [0.05, 0.1) is 23.3 Å². The Morgan fingerprint density at radius 2 is 1.87 bits per heavy atom. The third kappa shape index (κ3) is 6.70. The van der Waals surface area contributed by atoms with Gasteiger partial charge in [0.1, 0.15) is 12.2 Å². The molecule has 1 heterocycles. The molecule has 1 saturated heterocycles. The number of hydrogen-bond donors (Lipinski definition) is 2. The number of carboxylic acid groups (broad SMARTS) is 1. The molecule has 1 saturated carbocycles. The maximum atomic E-state index is 13.0. The van der Waals surface area contributed by atoms with Crippen LogP contribution in [0.5, 0.6) is 0 Å². The summed E-state index contributed by atoms with van der Waals surface area (Å²) in [6, 6.07) is 12.7. The third-order valence-corrected chi connectivity index (χ3v) is 7.18. The maximum Gasteiger partial charge on any atom is 0.338 e. The Labute approximate surface area is 224 Å². The smallest absolute Gasteiger partial charge is 0.338 e. The minimum absolute atomic E-state index is 0.128. The third-order valence-electron chi connectivity index (χ3n) is 7.18. The Morgan fingerprint density at radius 3 is 2.53 bits per heavy atom. The second-order valence-electron chi connectivity index (χ2n) is 11.1. The monoisotopic (exact) mass is 522 g/mol. The van der Waals surface area contributed by atoms with Gasteiger partial charge in [-0.05, 0) is 95.1 Å². The molecule has 7 heteroatoms. The Bertz CT molecular complexity index is 1180. The molecule has 0 aromatic heterocycles. The lowest BCUT2D eigenvalue weighted by molar-refractivity contribution is -0.153. The van der Waals surface area contributed by atoms with Crippen LogP contribution in [0.25, 0.3) is 0 Å². The fraction of sp³-hybridized carbons (Fsp3) is 0.484. The van der Waals surface area contributed by atoms with E-state index < -0.39 is 36.0 Å². The van der Waals surface area contributed by atoms with Gasteiger partial charge in [-0.25, -0.2) is 9.59 Å². The number of aryl methyl sites for hydroxylation is 2. The van der Waals surface area contributed by atoms with E-state index in [-0.39, 0.29) is 17.9 Å². The Morgan fingerprint density at radius 1 is 1.16 bits per heavy atom. The predicted octanol–water partition coefficient (Wildman–Crippen LogP) is 5.57. The van der Waals surface area contributed by atoms with Crippen LogP contribution in [-0.4, -0.2) is 52.4 Å². The summed E-state index contributed by atoms with van der Waals surface area (Å²) in [4.78, 5) is 25.0. The van der Waals surface area contributed by atoms with Gasteiger partial charge in [-0.2, -0.15) is 0 Å². The molecule has 1 aliphatic carbocycles. The van der Waals surface area contributed by atoms with Crippen LogP contribution in [0, 0.1) is 19.8 Å². The van der Waals surface area contributed by atoms with E-state index in [4.69, 9.17) is 14.2 Å². The van der Waals surface area contributed by atoms with E-state index in [9.17, 15) is 19.8 Å². The average Bonchev–Trinajstić information content (AvgIpc) is 3.52. The predicted molar refractivity (Wildman–Crippen MR) is 143 cm³/mol. The van der Waals surface area contributed by atoms with Crippen LogP contribution in [0.4, 0.5) is 0 Å². The number of rotatable bonds is 10. The normalized spacial score (nSPS) is 25.7. The van der Waals surface area contributed by atoms with E-state index in [2.05, 4.69) is 0 Å². The van der Waals surface area contributed by atoms with E-state index in [1.54, 1.807) is 43.3 Å². The van der Waals surface area contributed by atoms with Crippen LogP contribution in [0.15, 0.2) is 54.6 Å². The fourth-order valence-corrected chi connectivity index (χ4v) is 5.49. The molecule has 204 valence electrons. The van der Waals surface area contributed by atoms with Crippen LogP contribution < -0.4 is 0 Å².